The number of rotatable bonds is 7. The quantitative estimate of drug-likeness (QED) is 0.424. The van der Waals surface area contributed by atoms with Crippen LogP contribution >= 0.6 is 0 Å². The number of ether oxygens (including phenoxy) is 1. The van der Waals surface area contributed by atoms with Crippen LogP contribution in [0.2, 0.25) is 0 Å². The Balaban J connectivity index is 2.62. The van der Waals surface area contributed by atoms with Gasteiger partial charge < -0.3 is 4.74 Å². The number of nitro groups is 1. The maximum absolute atomic E-state index is 11.3. The van der Waals surface area contributed by atoms with E-state index in [0.29, 0.717) is 13.0 Å². The molecule has 1 unspecified atom stereocenters. The highest BCUT2D eigenvalue weighted by Crippen LogP contribution is 2.21. The van der Waals surface area contributed by atoms with Gasteiger partial charge in [0.15, 0.2) is 0 Å². The maximum atomic E-state index is 11.3. The SMILES string of the molecule is CCOC(=O)CCC(C[N+](=O)[O-])c1ccccc1. The molecule has 0 heterocycles. The van der Waals surface area contributed by atoms with Crippen LogP contribution in [-0.2, 0) is 9.53 Å². The van der Waals surface area contributed by atoms with Gasteiger partial charge in [-0.15, -0.1) is 0 Å². The van der Waals surface area contributed by atoms with E-state index >= 15 is 0 Å². The lowest BCUT2D eigenvalue weighted by atomic mass is 9.94. The van der Waals surface area contributed by atoms with Crippen LogP contribution in [0.1, 0.15) is 31.2 Å². The third-order valence-electron chi connectivity index (χ3n) is 2.64. The first kappa shape index (κ1) is 14.2. The summed E-state index contributed by atoms with van der Waals surface area (Å²) >= 11 is 0. The molecule has 0 radical (unpaired) electrons. The van der Waals surface area contributed by atoms with Crippen molar-refractivity contribution in [1.29, 1.82) is 0 Å². The van der Waals surface area contributed by atoms with Crippen LogP contribution in [0.5, 0.6) is 0 Å². The topological polar surface area (TPSA) is 69.4 Å². The summed E-state index contributed by atoms with van der Waals surface area (Å²) in [6.45, 7) is 1.91. The van der Waals surface area contributed by atoms with Gasteiger partial charge in [-0.25, -0.2) is 0 Å². The summed E-state index contributed by atoms with van der Waals surface area (Å²) in [5, 5.41) is 10.6. The molecular formula is C13H17NO4. The lowest BCUT2D eigenvalue weighted by molar-refractivity contribution is -0.483. The molecule has 0 aromatic heterocycles. The summed E-state index contributed by atoms with van der Waals surface area (Å²) in [5.41, 5.74) is 0.887. The fraction of sp³-hybridized carbons (Fsp3) is 0.462. The second-order valence-corrected chi connectivity index (χ2v) is 3.97. The molecule has 5 nitrogen and oxygen atoms in total. The van der Waals surface area contributed by atoms with Gasteiger partial charge in [-0.3, -0.25) is 14.9 Å². The second kappa shape index (κ2) is 7.42. The van der Waals surface area contributed by atoms with Crippen LogP contribution in [0.4, 0.5) is 0 Å². The van der Waals surface area contributed by atoms with Crippen molar-refractivity contribution in [3.8, 4) is 0 Å². The molecule has 0 saturated heterocycles. The number of hydrogen-bond acceptors (Lipinski definition) is 4. The minimum atomic E-state index is -0.344. The van der Waals surface area contributed by atoms with Crippen molar-refractivity contribution in [3.63, 3.8) is 0 Å². The van der Waals surface area contributed by atoms with Crippen molar-refractivity contribution in [1.82, 2.24) is 0 Å². The Kier molecular flexibility index (Phi) is 5.84. The molecule has 0 aliphatic carbocycles. The minimum Gasteiger partial charge on any atom is -0.466 e. The van der Waals surface area contributed by atoms with Gasteiger partial charge in [-0.1, -0.05) is 30.3 Å². The average Bonchev–Trinajstić information content (AvgIpc) is 2.35. The van der Waals surface area contributed by atoms with Crippen LogP contribution in [0, 0.1) is 10.1 Å². The molecule has 1 aromatic rings. The standard InChI is InChI=1S/C13H17NO4/c1-2-18-13(15)9-8-12(10-14(16)17)11-6-4-3-5-7-11/h3-7,12H,2,8-10H2,1H3. The summed E-state index contributed by atoms with van der Waals surface area (Å²) in [6.07, 6.45) is 0.644. The van der Waals surface area contributed by atoms with Gasteiger partial charge in [-0.05, 0) is 18.9 Å². The summed E-state index contributed by atoms with van der Waals surface area (Å²) < 4.78 is 4.82. The Morgan fingerprint density at radius 3 is 2.61 bits per heavy atom. The van der Waals surface area contributed by atoms with E-state index in [9.17, 15) is 14.9 Å². The zero-order chi connectivity index (χ0) is 13.4. The summed E-state index contributed by atoms with van der Waals surface area (Å²) in [5.74, 6) is -0.549. The molecule has 1 atom stereocenters. The van der Waals surface area contributed by atoms with Crippen molar-refractivity contribution in [2.45, 2.75) is 25.7 Å². The van der Waals surface area contributed by atoms with E-state index in [2.05, 4.69) is 0 Å². The summed E-state index contributed by atoms with van der Waals surface area (Å²) in [6, 6.07) is 9.23. The normalized spacial score (nSPS) is 11.8. The van der Waals surface area contributed by atoms with Crippen molar-refractivity contribution in [2.24, 2.45) is 0 Å². The Morgan fingerprint density at radius 1 is 1.39 bits per heavy atom. The lowest BCUT2D eigenvalue weighted by Gasteiger charge is -2.12. The molecule has 1 rings (SSSR count). The number of nitrogens with zero attached hydrogens (tertiary/aromatic N) is 1. The second-order valence-electron chi connectivity index (χ2n) is 3.97. The first-order valence-corrected chi connectivity index (χ1v) is 5.95. The van der Waals surface area contributed by atoms with E-state index in [1.807, 2.05) is 30.3 Å². The van der Waals surface area contributed by atoms with Crippen LogP contribution < -0.4 is 0 Å². The smallest absolute Gasteiger partial charge is 0.305 e. The van der Waals surface area contributed by atoms with E-state index in [1.54, 1.807) is 6.92 Å². The summed E-state index contributed by atoms with van der Waals surface area (Å²) in [7, 11) is 0. The molecule has 0 saturated carbocycles. The van der Waals surface area contributed by atoms with Gasteiger partial charge in [-0.2, -0.15) is 0 Å². The number of benzene rings is 1. The Labute approximate surface area is 106 Å². The largest absolute Gasteiger partial charge is 0.466 e. The van der Waals surface area contributed by atoms with E-state index in [4.69, 9.17) is 4.74 Å². The van der Waals surface area contributed by atoms with Gasteiger partial charge in [0.25, 0.3) is 0 Å². The van der Waals surface area contributed by atoms with Crippen LogP contribution in [0.25, 0.3) is 0 Å². The predicted molar refractivity (Wildman–Crippen MR) is 66.9 cm³/mol. The number of carbonyl (C=O) groups is 1. The zero-order valence-corrected chi connectivity index (χ0v) is 10.4. The number of carbonyl (C=O) groups excluding carboxylic acids is 1. The van der Waals surface area contributed by atoms with Crippen molar-refractivity contribution in [2.75, 3.05) is 13.2 Å². The third kappa shape index (κ3) is 4.95. The zero-order valence-electron chi connectivity index (χ0n) is 10.4. The number of hydrogen-bond donors (Lipinski definition) is 0. The highest BCUT2D eigenvalue weighted by atomic mass is 16.6. The van der Waals surface area contributed by atoms with Gasteiger partial charge in [0.2, 0.25) is 6.54 Å². The fourth-order valence-corrected chi connectivity index (χ4v) is 1.79. The molecule has 0 aliphatic heterocycles. The highest BCUT2D eigenvalue weighted by molar-refractivity contribution is 5.69. The molecule has 18 heavy (non-hydrogen) atoms. The predicted octanol–water partition coefficient (Wildman–Crippen LogP) is 2.39. The molecule has 0 spiro atoms. The van der Waals surface area contributed by atoms with E-state index in [1.165, 1.54) is 0 Å². The minimum absolute atomic E-state index is 0.163. The first-order chi connectivity index (χ1) is 8.63. The molecule has 0 N–H and O–H groups in total. The molecule has 1 aromatic carbocycles. The van der Waals surface area contributed by atoms with E-state index < -0.39 is 0 Å². The fourth-order valence-electron chi connectivity index (χ4n) is 1.79. The van der Waals surface area contributed by atoms with Gasteiger partial charge in [0.1, 0.15) is 0 Å². The van der Waals surface area contributed by atoms with Crippen molar-refractivity contribution < 1.29 is 14.5 Å². The monoisotopic (exact) mass is 251 g/mol. The lowest BCUT2D eigenvalue weighted by Crippen LogP contribution is -2.15. The van der Waals surface area contributed by atoms with E-state index in [0.717, 1.165) is 5.56 Å². The van der Waals surface area contributed by atoms with E-state index in [-0.39, 0.29) is 29.8 Å². The average molecular weight is 251 g/mol. The Hall–Kier alpha value is -1.91. The van der Waals surface area contributed by atoms with Crippen molar-refractivity contribution in [3.05, 3.63) is 46.0 Å². The van der Waals surface area contributed by atoms with Crippen molar-refractivity contribution >= 4 is 5.97 Å². The molecule has 0 bridgehead atoms. The highest BCUT2D eigenvalue weighted by Gasteiger charge is 2.19. The van der Waals surface area contributed by atoms with Crippen LogP contribution in [-0.4, -0.2) is 24.0 Å². The maximum Gasteiger partial charge on any atom is 0.305 e. The molecule has 0 aliphatic rings. The molecular weight excluding hydrogens is 234 g/mol. The Morgan fingerprint density at radius 2 is 2.06 bits per heavy atom. The van der Waals surface area contributed by atoms with Crippen LogP contribution in [0.3, 0.4) is 0 Å². The molecule has 0 amide bonds. The van der Waals surface area contributed by atoms with Gasteiger partial charge in [0, 0.05) is 17.3 Å². The van der Waals surface area contributed by atoms with Gasteiger partial charge >= 0.3 is 5.97 Å². The first-order valence-electron chi connectivity index (χ1n) is 5.95. The van der Waals surface area contributed by atoms with Crippen LogP contribution in [0.15, 0.2) is 30.3 Å². The van der Waals surface area contributed by atoms with Gasteiger partial charge in [0.05, 0.1) is 6.61 Å². The third-order valence-corrected chi connectivity index (χ3v) is 2.64. The molecule has 0 fully saturated rings. The summed E-state index contributed by atoms with van der Waals surface area (Å²) in [4.78, 5) is 21.6. The Bertz CT molecular complexity index is 391. The molecule has 98 valence electrons. The molecule has 5 heteroatoms. The number of esters is 1.